The molecule has 1 saturated heterocycles. The van der Waals surface area contributed by atoms with Gasteiger partial charge < -0.3 is 14.2 Å². The highest BCUT2D eigenvalue weighted by molar-refractivity contribution is 6.32. The number of anilines is 1. The maximum atomic E-state index is 6.24. The Morgan fingerprint density at radius 2 is 1.89 bits per heavy atom. The number of hydrogen-bond acceptors (Lipinski definition) is 7. The molecule has 4 rings (SSSR count). The van der Waals surface area contributed by atoms with E-state index in [9.17, 15) is 0 Å². The molecule has 0 aliphatic carbocycles. The molecule has 0 radical (unpaired) electrons. The molecule has 2 aromatic heterocycles. The normalized spacial score (nSPS) is 15.1. The molecule has 3 heterocycles. The lowest BCUT2D eigenvalue weighted by Gasteiger charge is -2.34. The lowest BCUT2D eigenvalue weighted by Crippen LogP contribution is -2.46. The number of rotatable bonds is 5. The second-order valence-corrected chi connectivity index (χ2v) is 6.72. The Kier molecular flexibility index (Phi) is 5.22. The van der Waals surface area contributed by atoms with Gasteiger partial charge in [0.1, 0.15) is 11.6 Å². The number of aromatic nitrogens is 3. The summed E-state index contributed by atoms with van der Waals surface area (Å²) in [5, 5.41) is 4.78. The summed E-state index contributed by atoms with van der Waals surface area (Å²) < 4.78 is 10.6. The minimum atomic E-state index is 0.589. The third-order valence-electron chi connectivity index (χ3n) is 4.59. The predicted octanol–water partition coefficient (Wildman–Crippen LogP) is 3.12. The van der Waals surface area contributed by atoms with Crippen molar-refractivity contribution in [3.05, 3.63) is 53.5 Å². The number of pyridine rings is 1. The van der Waals surface area contributed by atoms with E-state index in [0.717, 1.165) is 43.3 Å². The van der Waals surface area contributed by atoms with Crippen molar-refractivity contribution >= 4 is 17.4 Å². The maximum absolute atomic E-state index is 6.24. The highest BCUT2D eigenvalue weighted by atomic mass is 35.5. The van der Waals surface area contributed by atoms with E-state index in [1.807, 2.05) is 36.4 Å². The van der Waals surface area contributed by atoms with Crippen LogP contribution in [-0.4, -0.2) is 53.3 Å². The fourth-order valence-electron chi connectivity index (χ4n) is 3.10. The summed E-state index contributed by atoms with van der Waals surface area (Å²) in [6.07, 6.45) is 1.77. The van der Waals surface area contributed by atoms with E-state index >= 15 is 0 Å². The van der Waals surface area contributed by atoms with E-state index in [0.29, 0.717) is 23.3 Å². The molecule has 0 spiro atoms. The predicted molar refractivity (Wildman–Crippen MR) is 103 cm³/mol. The Balaban J connectivity index is 1.35. The molecule has 1 fully saturated rings. The fourth-order valence-corrected chi connectivity index (χ4v) is 3.34. The molecule has 1 aliphatic rings. The Labute approximate surface area is 162 Å². The van der Waals surface area contributed by atoms with Gasteiger partial charge in [-0.1, -0.05) is 16.8 Å². The summed E-state index contributed by atoms with van der Waals surface area (Å²) in [5.41, 5.74) is 0.903. The molecule has 1 aromatic carbocycles. The van der Waals surface area contributed by atoms with E-state index in [-0.39, 0.29) is 0 Å². The first kappa shape index (κ1) is 17.8. The summed E-state index contributed by atoms with van der Waals surface area (Å²) in [4.78, 5) is 13.4. The molecule has 0 unspecified atom stereocenters. The molecule has 3 aromatic rings. The molecular formula is C19H20ClN5O2. The van der Waals surface area contributed by atoms with Gasteiger partial charge in [-0.05, 0) is 36.4 Å². The Morgan fingerprint density at radius 3 is 2.59 bits per heavy atom. The molecule has 7 nitrogen and oxygen atoms in total. The Bertz CT molecular complexity index is 891. The third kappa shape index (κ3) is 4.04. The van der Waals surface area contributed by atoms with Gasteiger partial charge in [0.25, 0.3) is 0 Å². The molecule has 0 atom stereocenters. The monoisotopic (exact) mass is 385 g/mol. The zero-order valence-electron chi connectivity index (χ0n) is 15.0. The SMILES string of the molecule is COc1ccc(-c2noc(CN3CCN(c4ncccc4Cl)CC3)n2)cc1. The van der Waals surface area contributed by atoms with Gasteiger partial charge in [-0.2, -0.15) is 4.98 Å². The van der Waals surface area contributed by atoms with Crippen LogP contribution in [0.2, 0.25) is 5.02 Å². The van der Waals surface area contributed by atoms with Crippen LogP contribution in [0.5, 0.6) is 5.75 Å². The van der Waals surface area contributed by atoms with E-state index in [4.69, 9.17) is 20.9 Å². The van der Waals surface area contributed by atoms with Gasteiger partial charge in [0.05, 0.1) is 18.7 Å². The van der Waals surface area contributed by atoms with Crippen LogP contribution in [0.25, 0.3) is 11.4 Å². The second-order valence-electron chi connectivity index (χ2n) is 6.31. The number of nitrogens with zero attached hydrogens (tertiary/aromatic N) is 5. The van der Waals surface area contributed by atoms with E-state index in [2.05, 4.69) is 24.9 Å². The van der Waals surface area contributed by atoms with Crippen molar-refractivity contribution in [2.45, 2.75) is 6.54 Å². The second kappa shape index (κ2) is 7.94. The third-order valence-corrected chi connectivity index (χ3v) is 4.88. The van der Waals surface area contributed by atoms with Crippen molar-refractivity contribution in [1.29, 1.82) is 0 Å². The van der Waals surface area contributed by atoms with Crippen molar-refractivity contribution in [2.75, 3.05) is 38.2 Å². The molecule has 140 valence electrons. The number of methoxy groups -OCH3 is 1. The van der Waals surface area contributed by atoms with Crippen LogP contribution in [0.1, 0.15) is 5.89 Å². The van der Waals surface area contributed by atoms with Crippen molar-refractivity contribution in [3.63, 3.8) is 0 Å². The lowest BCUT2D eigenvalue weighted by atomic mass is 10.2. The molecule has 27 heavy (non-hydrogen) atoms. The highest BCUT2D eigenvalue weighted by Crippen LogP contribution is 2.24. The quantitative estimate of drug-likeness (QED) is 0.668. The van der Waals surface area contributed by atoms with Crippen molar-refractivity contribution in [1.82, 2.24) is 20.0 Å². The van der Waals surface area contributed by atoms with E-state index in [1.54, 1.807) is 13.3 Å². The maximum Gasteiger partial charge on any atom is 0.241 e. The van der Waals surface area contributed by atoms with Gasteiger partial charge in [0.15, 0.2) is 0 Å². The molecule has 8 heteroatoms. The van der Waals surface area contributed by atoms with Crippen LogP contribution in [0.15, 0.2) is 47.1 Å². The first-order valence-corrected chi connectivity index (χ1v) is 9.15. The van der Waals surface area contributed by atoms with Gasteiger partial charge in [-0.15, -0.1) is 0 Å². The zero-order valence-corrected chi connectivity index (χ0v) is 15.8. The lowest BCUT2D eigenvalue weighted by molar-refractivity contribution is 0.215. The van der Waals surface area contributed by atoms with Crippen LogP contribution in [0.4, 0.5) is 5.82 Å². The van der Waals surface area contributed by atoms with Gasteiger partial charge in [-0.3, -0.25) is 4.90 Å². The minimum absolute atomic E-state index is 0.589. The van der Waals surface area contributed by atoms with Gasteiger partial charge in [-0.25, -0.2) is 4.98 Å². The molecule has 0 bridgehead atoms. The number of halogens is 1. The summed E-state index contributed by atoms with van der Waals surface area (Å²) in [7, 11) is 1.64. The van der Waals surface area contributed by atoms with Crippen LogP contribution in [0, 0.1) is 0 Å². The van der Waals surface area contributed by atoms with Crippen molar-refractivity contribution in [2.24, 2.45) is 0 Å². The van der Waals surface area contributed by atoms with Gasteiger partial charge in [0.2, 0.25) is 11.7 Å². The van der Waals surface area contributed by atoms with E-state index in [1.165, 1.54) is 0 Å². The minimum Gasteiger partial charge on any atom is -0.497 e. The van der Waals surface area contributed by atoms with Crippen LogP contribution < -0.4 is 9.64 Å². The first-order chi connectivity index (χ1) is 13.2. The van der Waals surface area contributed by atoms with Crippen molar-refractivity contribution < 1.29 is 9.26 Å². The van der Waals surface area contributed by atoms with Crippen LogP contribution in [0.3, 0.4) is 0 Å². The molecule has 0 saturated carbocycles. The summed E-state index contributed by atoms with van der Waals surface area (Å²) in [6, 6.07) is 11.3. The van der Waals surface area contributed by atoms with Gasteiger partial charge >= 0.3 is 0 Å². The largest absolute Gasteiger partial charge is 0.497 e. The molecule has 0 amide bonds. The number of piperazine rings is 1. The number of hydrogen-bond donors (Lipinski definition) is 0. The van der Waals surface area contributed by atoms with E-state index < -0.39 is 0 Å². The molecule has 1 aliphatic heterocycles. The summed E-state index contributed by atoms with van der Waals surface area (Å²) >= 11 is 6.24. The number of ether oxygens (including phenoxy) is 1. The topological polar surface area (TPSA) is 67.5 Å². The molecule has 0 N–H and O–H groups in total. The fraction of sp³-hybridized carbons (Fsp3) is 0.316. The Morgan fingerprint density at radius 1 is 1.11 bits per heavy atom. The Hall–Kier alpha value is -2.64. The standard InChI is InChI=1S/C19H20ClN5O2/c1-26-15-6-4-14(5-7-15)18-22-17(27-23-18)13-24-9-11-25(12-10-24)19-16(20)3-2-8-21-19/h2-8H,9-13H2,1H3. The average molecular weight is 386 g/mol. The highest BCUT2D eigenvalue weighted by Gasteiger charge is 2.21. The smallest absolute Gasteiger partial charge is 0.241 e. The molecular weight excluding hydrogens is 366 g/mol. The summed E-state index contributed by atoms with van der Waals surface area (Å²) in [5.74, 6) is 2.85. The van der Waals surface area contributed by atoms with Crippen LogP contribution >= 0.6 is 11.6 Å². The van der Waals surface area contributed by atoms with Crippen molar-refractivity contribution in [3.8, 4) is 17.1 Å². The summed E-state index contributed by atoms with van der Waals surface area (Å²) in [6.45, 7) is 4.11. The number of benzene rings is 1. The first-order valence-electron chi connectivity index (χ1n) is 8.78. The average Bonchev–Trinajstić information content (AvgIpc) is 3.18. The van der Waals surface area contributed by atoms with Crippen LogP contribution in [-0.2, 0) is 6.54 Å². The van der Waals surface area contributed by atoms with Gasteiger partial charge in [0, 0.05) is 37.9 Å². The zero-order chi connectivity index (χ0) is 18.6.